The van der Waals surface area contributed by atoms with Gasteiger partial charge in [0.2, 0.25) is 0 Å². The van der Waals surface area contributed by atoms with Gasteiger partial charge in [-0.25, -0.2) is 4.39 Å². The van der Waals surface area contributed by atoms with Crippen LogP contribution in [0.25, 0.3) is 0 Å². The Hall–Kier alpha value is -1.49. The highest BCUT2D eigenvalue weighted by Gasteiger charge is 2.45. The van der Waals surface area contributed by atoms with Gasteiger partial charge in [0.1, 0.15) is 5.82 Å². The molecule has 1 aromatic heterocycles. The number of aromatic nitrogens is 1. The van der Waals surface area contributed by atoms with E-state index in [0.29, 0.717) is 19.4 Å². The fraction of sp³-hybridized carbons (Fsp3) is 0.625. The van der Waals surface area contributed by atoms with Crippen molar-refractivity contribution in [3.63, 3.8) is 0 Å². The molecule has 2 atom stereocenters. The van der Waals surface area contributed by atoms with Crippen molar-refractivity contribution < 1.29 is 14.3 Å². The zero-order chi connectivity index (χ0) is 15.5. The minimum Gasteiger partial charge on any atom is -0.481 e. The molecular formula is C16H23FN2O2. The first-order valence-electron chi connectivity index (χ1n) is 7.61. The second-order valence-electron chi connectivity index (χ2n) is 5.88. The Kier molecular flexibility index (Phi) is 4.93. The first-order chi connectivity index (χ1) is 10.0. The molecule has 2 rings (SSSR count). The van der Waals surface area contributed by atoms with E-state index < -0.39 is 11.4 Å². The van der Waals surface area contributed by atoms with Crippen molar-refractivity contribution in [3.8, 4) is 0 Å². The predicted molar refractivity (Wildman–Crippen MR) is 78.4 cm³/mol. The molecule has 2 unspecified atom stereocenters. The second-order valence-corrected chi connectivity index (χ2v) is 5.88. The van der Waals surface area contributed by atoms with E-state index >= 15 is 0 Å². The molecule has 0 bridgehead atoms. The number of rotatable bonds is 6. The number of carboxylic acid groups (broad SMARTS) is 1. The second kappa shape index (κ2) is 6.52. The summed E-state index contributed by atoms with van der Waals surface area (Å²) in [4.78, 5) is 18.0. The minimum absolute atomic E-state index is 0.0590. The van der Waals surface area contributed by atoms with Crippen LogP contribution in [0.3, 0.4) is 0 Å². The minimum atomic E-state index is -0.700. The van der Waals surface area contributed by atoms with Gasteiger partial charge in [-0.15, -0.1) is 0 Å². The Morgan fingerprint density at radius 2 is 2.29 bits per heavy atom. The number of hydrogen-bond acceptors (Lipinski definition) is 3. The van der Waals surface area contributed by atoms with Gasteiger partial charge in [0.25, 0.3) is 0 Å². The molecule has 0 spiro atoms. The van der Waals surface area contributed by atoms with Crippen LogP contribution < -0.4 is 0 Å². The van der Waals surface area contributed by atoms with Gasteiger partial charge in [-0.05, 0) is 37.9 Å². The van der Waals surface area contributed by atoms with E-state index in [1.165, 1.54) is 12.3 Å². The Morgan fingerprint density at radius 1 is 1.52 bits per heavy atom. The normalized spacial score (nSPS) is 24.1. The van der Waals surface area contributed by atoms with Crippen LogP contribution in [0.5, 0.6) is 0 Å². The lowest BCUT2D eigenvalue weighted by molar-refractivity contribution is -0.148. The zero-order valence-electron chi connectivity index (χ0n) is 12.7. The maximum absolute atomic E-state index is 13.0. The number of hydrogen-bond donors (Lipinski definition) is 1. The summed E-state index contributed by atoms with van der Waals surface area (Å²) in [7, 11) is 0. The van der Waals surface area contributed by atoms with Gasteiger partial charge in [0, 0.05) is 6.54 Å². The molecule has 1 aliphatic heterocycles. The molecule has 1 aliphatic rings. The van der Waals surface area contributed by atoms with Crippen LogP contribution in [0.1, 0.15) is 51.3 Å². The molecule has 4 nitrogen and oxygen atoms in total. The number of aliphatic carboxylic acids is 1. The first-order valence-corrected chi connectivity index (χ1v) is 7.61. The van der Waals surface area contributed by atoms with Gasteiger partial charge in [-0.1, -0.05) is 20.3 Å². The largest absolute Gasteiger partial charge is 0.481 e. The molecule has 0 aliphatic carbocycles. The average Bonchev–Trinajstić information content (AvgIpc) is 2.88. The van der Waals surface area contributed by atoms with E-state index in [1.807, 2.05) is 6.92 Å². The van der Waals surface area contributed by atoms with Crippen LogP contribution >= 0.6 is 0 Å². The molecular weight excluding hydrogens is 271 g/mol. The Balaban J connectivity index is 2.17. The maximum atomic E-state index is 13.0. The van der Waals surface area contributed by atoms with Crippen molar-refractivity contribution in [1.29, 1.82) is 0 Å². The van der Waals surface area contributed by atoms with Crippen molar-refractivity contribution in [2.75, 3.05) is 13.1 Å². The fourth-order valence-corrected chi connectivity index (χ4v) is 3.37. The van der Waals surface area contributed by atoms with Gasteiger partial charge < -0.3 is 5.11 Å². The van der Waals surface area contributed by atoms with E-state index in [-0.39, 0.29) is 11.9 Å². The van der Waals surface area contributed by atoms with E-state index in [2.05, 4.69) is 16.8 Å². The van der Waals surface area contributed by atoms with Crippen LogP contribution in [0.4, 0.5) is 4.39 Å². The third-order valence-corrected chi connectivity index (χ3v) is 4.48. The molecule has 5 heteroatoms. The standard InChI is InChI=1S/C16H23FN2O2/c1-3-7-16(15(20)21)8-9-19(11-16)14(4-2)13-6-5-12(17)10-18-13/h5-6,10,14H,3-4,7-9,11H2,1-2H3,(H,20,21). The molecule has 0 saturated carbocycles. The van der Waals surface area contributed by atoms with Crippen molar-refractivity contribution in [2.45, 2.75) is 45.6 Å². The summed E-state index contributed by atoms with van der Waals surface area (Å²) in [5.74, 6) is -1.05. The number of carbonyl (C=O) groups is 1. The van der Waals surface area contributed by atoms with Crippen LogP contribution in [0, 0.1) is 11.2 Å². The van der Waals surface area contributed by atoms with Gasteiger partial charge >= 0.3 is 5.97 Å². The highest BCUT2D eigenvalue weighted by Crippen LogP contribution is 2.39. The van der Waals surface area contributed by atoms with Crippen molar-refractivity contribution in [3.05, 3.63) is 29.8 Å². The van der Waals surface area contributed by atoms with E-state index in [0.717, 1.165) is 25.1 Å². The summed E-state index contributed by atoms with van der Waals surface area (Å²) in [5.41, 5.74) is 0.180. The molecule has 0 radical (unpaired) electrons. The summed E-state index contributed by atoms with van der Waals surface area (Å²) in [6.07, 6.45) is 4.30. The van der Waals surface area contributed by atoms with E-state index in [1.54, 1.807) is 6.07 Å². The molecule has 1 aromatic rings. The number of pyridine rings is 1. The van der Waals surface area contributed by atoms with Crippen LogP contribution in [0.2, 0.25) is 0 Å². The van der Waals surface area contributed by atoms with Crippen LogP contribution in [-0.2, 0) is 4.79 Å². The first kappa shape index (κ1) is 15.9. The molecule has 1 saturated heterocycles. The number of halogens is 1. The Bertz CT molecular complexity index is 492. The predicted octanol–water partition coefficient (Wildman–Crippen LogP) is 3.25. The zero-order valence-corrected chi connectivity index (χ0v) is 12.7. The summed E-state index contributed by atoms with van der Waals surface area (Å²) in [6, 6.07) is 3.17. The number of nitrogens with zero attached hydrogens (tertiary/aromatic N) is 2. The highest BCUT2D eigenvalue weighted by molar-refractivity contribution is 5.75. The lowest BCUT2D eigenvalue weighted by Gasteiger charge is -2.29. The molecule has 0 aromatic carbocycles. The van der Waals surface area contributed by atoms with E-state index in [4.69, 9.17) is 0 Å². The molecule has 116 valence electrons. The third kappa shape index (κ3) is 3.23. The number of likely N-dealkylation sites (tertiary alicyclic amines) is 1. The van der Waals surface area contributed by atoms with Gasteiger partial charge in [-0.2, -0.15) is 0 Å². The SMILES string of the molecule is CCCC1(C(=O)O)CCN(C(CC)c2ccc(F)cn2)C1. The average molecular weight is 294 g/mol. The van der Waals surface area contributed by atoms with Crippen molar-refractivity contribution in [2.24, 2.45) is 5.41 Å². The van der Waals surface area contributed by atoms with Gasteiger partial charge in [0.15, 0.2) is 0 Å². The van der Waals surface area contributed by atoms with E-state index in [9.17, 15) is 14.3 Å². The molecule has 0 amide bonds. The summed E-state index contributed by atoms with van der Waals surface area (Å²) >= 11 is 0. The van der Waals surface area contributed by atoms with Gasteiger partial charge in [-0.3, -0.25) is 14.7 Å². The maximum Gasteiger partial charge on any atom is 0.310 e. The monoisotopic (exact) mass is 294 g/mol. The lowest BCUT2D eigenvalue weighted by atomic mass is 9.82. The Morgan fingerprint density at radius 3 is 2.81 bits per heavy atom. The van der Waals surface area contributed by atoms with Crippen molar-refractivity contribution >= 4 is 5.97 Å². The smallest absolute Gasteiger partial charge is 0.310 e. The lowest BCUT2D eigenvalue weighted by Crippen LogP contribution is -2.36. The topological polar surface area (TPSA) is 53.4 Å². The Labute approximate surface area is 125 Å². The molecule has 21 heavy (non-hydrogen) atoms. The van der Waals surface area contributed by atoms with Gasteiger partial charge in [0.05, 0.1) is 23.3 Å². The quantitative estimate of drug-likeness (QED) is 0.875. The summed E-state index contributed by atoms with van der Waals surface area (Å²) in [5, 5.41) is 9.58. The summed E-state index contributed by atoms with van der Waals surface area (Å²) in [6.45, 7) is 5.38. The van der Waals surface area contributed by atoms with Crippen molar-refractivity contribution in [1.82, 2.24) is 9.88 Å². The molecule has 1 N–H and O–H groups in total. The van der Waals surface area contributed by atoms with Crippen LogP contribution in [-0.4, -0.2) is 34.0 Å². The molecule has 1 fully saturated rings. The third-order valence-electron chi connectivity index (χ3n) is 4.48. The molecule has 2 heterocycles. The summed E-state index contributed by atoms with van der Waals surface area (Å²) < 4.78 is 13.0. The fourth-order valence-electron chi connectivity index (χ4n) is 3.37. The van der Waals surface area contributed by atoms with Crippen LogP contribution in [0.15, 0.2) is 18.3 Å². The highest BCUT2D eigenvalue weighted by atomic mass is 19.1. The number of carboxylic acids is 1.